The number of carboxylic acid groups (broad SMARTS) is 1. The van der Waals surface area contributed by atoms with Gasteiger partial charge in [0, 0.05) is 6.54 Å². The predicted octanol–water partition coefficient (Wildman–Crippen LogP) is 0.348. The molecule has 0 saturated carbocycles. The van der Waals surface area contributed by atoms with Gasteiger partial charge >= 0.3 is 5.97 Å². The van der Waals surface area contributed by atoms with Crippen LogP contribution in [-0.4, -0.2) is 11.1 Å². The lowest BCUT2D eigenvalue weighted by Crippen LogP contribution is -2.20. The maximum absolute atomic E-state index is 10.4. The Morgan fingerprint density at radius 3 is 2.42 bits per heavy atom. The van der Waals surface area contributed by atoms with Crippen molar-refractivity contribution >= 4 is 5.97 Å². The number of hydrazine groups is 1. The van der Waals surface area contributed by atoms with E-state index in [4.69, 9.17) is 10.9 Å². The molecular weight excluding hydrogens is 156 g/mol. The summed E-state index contributed by atoms with van der Waals surface area (Å²) < 4.78 is 0. The second kappa shape index (κ2) is 3.85. The topological polar surface area (TPSA) is 75.3 Å². The second-order valence-corrected chi connectivity index (χ2v) is 2.38. The van der Waals surface area contributed by atoms with Crippen LogP contribution in [0.25, 0.3) is 0 Å². The van der Waals surface area contributed by atoms with Crippen LogP contribution in [0.2, 0.25) is 0 Å². The molecule has 0 heterocycles. The van der Waals surface area contributed by atoms with Crippen LogP contribution in [-0.2, 0) is 6.54 Å². The Kier molecular flexibility index (Phi) is 2.79. The van der Waals surface area contributed by atoms with Crippen LogP contribution in [0.1, 0.15) is 15.9 Å². The van der Waals surface area contributed by atoms with E-state index in [2.05, 4.69) is 5.43 Å². The highest BCUT2D eigenvalue weighted by Gasteiger charge is 2.00. The van der Waals surface area contributed by atoms with E-state index in [9.17, 15) is 4.79 Å². The maximum atomic E-state index is 10.4. The van der Waals surface area contributed by atoms with Crippen molar-refractivity contribution in [1.29, 1.82) is 0 Å². The molecule has 0 aromatic heterocycles. The van der Waals surface area contributed by atoms with Gasteiger partial charge in [0.1, 0.15) is 0 Å². The Hall–Kier alpha value is -1.39. The molecule has 4 nitrogen and oxygen atoms in total. The third-order valence-electron chi connectivity index (χ3n) is 1.51. The highest BCUT2D eigenvalue weighted by molar-refractivity contribution is 5.87. The van der Waals surface area contributed by atoms with Gasteiger partial charge in [-0.3, -0.25) is 11.3 Å². The lowest BCUT2D eigenvalue weighted by molar-refractivity contribution is 0.0697. The van der Waals surface area contributed by atoms with E-state index in [-0.39, 0.29) is 5.56 Å². The normalized spacial score (nSPS) is 9.75. The summed E-state index contributed by atoms with van der Waals surface area (Å²) >= 11 is 0. The lowest BCUT2D eigenvalue weighted by atomic mass is 10.1. The first kappa shape index (κ1) is 8.70. The molecular formula is C8H10N2O2. The standard InChI is InChI=1S/C8H10N2O2/c9-10-5-6-1-3-7(4-2-6)8(11)12/h1-4,10H,5,9H2,(H,11,12). The summed E-state index contributed by atoms with van der Waals surface area (Å²) in [6.07, 6.45) is 0. The zero-order chi connectivity index (χ0) is 8.97. The molecule has 0 fully saturated rings. The van der Waals surface area contributed by atoms with E-state index >= 15 is 0 Å². The van der Waals surface area contributed by atoms with Crippen molar-refractivity contribution in [3.05, 3.63) is 35.4 Å². The smallest absolute Gasteiger partial charge is 0.335 e. The van der Waals surface area contributed by atoms with Gasteiger partial charge in [0.25, 0.3) is 0 Å². The van der Waals surface area contributed by atoms with Crippen molar-refractivity contribution in [2.75, 3.05) is 0 Å². The van der Waals surface area contributed by atoms with Crippen molar-refractivity contribution in [3.8, 4) is 0 Å². The van der Waals surface area contributed by atoms with Crippen LogP contribution >= 0.6 is 0 Å². The quantitative estimate of drug-likeness (QED) is 0.447. The summed E-state index contributed by atoms with van der Waals surface area (Å²) in [4.78, 5) is 10.4. The molecule has 1 aromatic rings. The molecule has 64 valence electrons. The number of nitrogens with two attached hydrogens (primary N) is 1. The van der Waals surface area contributed by atoms with E-state index < -0.39 is 5.97 Å². The van der Waals surface area contributed by atoms with Gasteiger partial charge in [0.15, 0.2) is 0 Å². The van der Waals surface area contributed by atoms with Gasteiger partial charge < -0.3 is 5.11 Å². The average Bonchev–Trinajstić information content (AvgIpc) is 2.06. The molecule has 0 aliphatic rings. The first-order valence-corrected chi connectivity index (χ1v) is 3.49. The summed E-state index contributed by atoms with van der Waals surface area (Å²) in [5, 5.41) is 8.57. The fourth-order valence-electron chi connectivity index (χ4n) is 0.883. The Morgan fingerprint density at radius 1 is 1.42 bits per heavy atom. The SMILES string of the molecule is NNCc1ccc(C(=O)O)cc1. The van der Waals surface area contributed by atoms with E-state index in [1.54, 1.807) is 24.3 Å². The predicted molar refractivity (Wildman–Crippen MR) is 44.4 cm³/mol. The fourth-order valence-corrected chi connectivity index (χ4v) is 0.883. The van der Waals surface area contributed by atoms with Crippen molar-refractivity contribution in [3.63, 3.8) is 0 Å². The summed E-state index contributed by atoms with van der Waals surface area (Å²) in [5.74, 6) is 4.18. The summed E-state index contributed by atoms with van der Waals surface area (Å²) in [7, 11) is 0. The number of carbonyl (C=O) groups is 1. The first-order chi connectivity index (χ1) is 5.74. The monoisotopic (exact) mass is 166 g/mol. The van der Waals surface area contributed by atoms with Gasteiger partial charge in [-0.15, -0.1) is 0 Å². The summed E-state index contributed by atoms with van der Waals surface area (Å²) in [6, 6.07) is 6.55. The van der Waals surface area contributed by atoms with Crippen LogP contribution in [0.5, 0.6) is 0 Å². The van der Waals surface area contributed by atoms with Crippen LogP contribution < -0.4 is 11.3 Å². The Bertz CT molecular complexity index is 269. The lowest BCUT2D eigenvalue weighted by Gasteiger charge is -1.99. The number of benzene rings is 1. The third kappa shape index (κ3) is 2.05. The van der Waals surface area contributed by atoms with Crippen molar-refractivity contribution in [1.82, 2.24) is 5.43 Å². The zero-order valence-electron chi connectivity index (χ0n) is 6.45. The summed E-state index contributed by atoms with van der Waals surface area (Å²) in [5.41, 5.74) is 3.73. The molecule has 0 radical (unpaired) electrons. The molecule has 12 heavy (non-hydrogen) atoms. The van der Waals surface area contributed by atoms with E-state index in [0.29, 0.717) is 6.54 Å². The van der Waals surface area contributed by atoms with E-state index in [1.165, 1.54) is 0 Å². The van der Waals surface area contributed by atoms with E-state index in [0.717, 1.165) is 5.56 Å². The van der Waals surface area contributed by atoms with E-state index in [1.807, 2.05) is 0 Å². The molecule has 4 N–H and O–H groups in total. The number of hydrogen-bond acceptors (Lipinski definition) is 3. The molecule has 0 saturated heterocycles. The Labute approximate surface area is 70.0 Å². The molecule has 0 aliphatic heterocycles. The van der Waals surface area contributed by atoms with Gasteiger partial charge in [0.2, 0.25) is 0 Å². The van der Waals surface area contributed by atoms with Gasteiger partial charge in [0.05, 0.1) is 5.56 Å². The Morgan fingerprint density at radius 2 is 2.00 bits per heavy atom. The first-order valence-electron chi connectivity index (χ1n) is 3.49. The number of aromatic carboxylic acids is 1. The third-order valence-corrected chi connectivity index (χ3v) is 1.51. The van der Waals surface area contributed by atoms with Crippen molar-refractivity contribution in [2.45, 2.75) is 6.54 Å². The second-order valence-electron chi connectivity index (χ2n) is 2.38. The van der Waals surface area contributed by atoms with Gasteiger partial charge in [-0.25, -0.2) is 4.79 Å². The molecule has 0 amide bonds. The number of carboxylic acids is 1. The molecule has 0 spiro atoms. The summed E-state index contributed by atoms with van der Waals surface area (Å²) in [6.45, 7) is 0.542. The zero-order valence-corrected chi connectivity index (χ0v) is 6.45. The highest BCUT2D eigenvalue weighted by Crippen LogP contribution is 2.03. The van der Waals surface area contributed by atoms with Crippen LogP contribution in [0.3, 0.4) is 0 Å². The van der Waals surface area contributed by atoms with Crippen LogP contribution in [0, 0.1) is 0 Å². The van der Waals surface area contributed by atoms with Gasteiger partial charge in [-0.2, -0.15) is 0 Å². The largest absolute Gasteiger partial charge is 0.478 e. The molecule has 0 bridgehead atoms. The van der Waals surface area contributed by atoms with Crippen molar-refractivity contribution in [2.24, 2.45) is 5.84 Å². The van der Waals surface area contributed by atoms with Crippen LogP contribution in [0.4, 0.5) is 0 Å². The highest BCUT2D eigenvalue weighted by atomic mass is 16.4. The Balaban J connectivity index is 2.78. The minimum Gasteiger partial charge on any atom is -0.478 e. The minimum absolute atomic E-state index is 0.288. The molecule has 0 unspecified atom stereocenters. The molecule has 4 heteroatoms. The number of hydrogen-bond donors (Lipinski definition) is 3. The van der Waals surface area contributed by atoms with Gasteiger partial charge in [-0.1, -0.05) is 12.1 Å². The molecule has 0 atom stereocenters. The van der Waals surface area contributed by atoms with Gasteiger partial charge in [-0.05, 0) is 17.7 Å². The molecule has 1 rings (SSSR count). The molecule has 0 aliphatic carbocycles. The minimum atomic E-state index is -0.915. The van der Waals surface area contributed by atoms with Crippen molar-refractivity contribution < 1.29 is 9.90 Å². The maximum Gasteiger partial charge on any atom is 0.335 e. The fraction of sp³-hybridized carbons (Fsp3) is 0.125. The average molecular weight is 166 g/mol. The number of nitrogens with one attached hydrogen (secondary N) is 1. The molecule has 1 aromatic carbocycles. The number of rotatable bonds is 3. The van der Waals surface area contributed by atoms with Crippen LogP contribution in [0.15, 0.2) is 24.3 Å².